The van der Waals surface area contributed by atoms with E-state index in [-0.39, 0.29) is 6.04 Å². The van der Waals surface area contributed by atoms with Crippen molar-refractivity contribution in [2.45, 2.75) is 19.1 Å². The Morgan fingerprint density at radius 2 is 1.90 bits per heavy atom. The van der Waals surface area contributed by atoms with Gasteiger partial charge in [-0.05, 0) is 43.3 Å². The summed E-state index contributed by atoms with van der Waals surface area (Å²) in [7, 11) is 1.83. The molecule has 2 aromatic carbocycles. The highest BCUT2D eigenvalue weighted by Crippen LogP contribution is 2.26. The third kappa shape index (κ3) is 4.21. The Labute approximate surface area is 131 Å². The van der Waals surface area contributed by atoms with Crippen LogP contribution in [0.25, 0.3) is 0 Å². The SMILES string of the molecule is CNCC(O)C(Nc1ccccc1C)c1cccc(Cl)c1. The van der Waals surface area contributed by atoms with Gasteiger partial charge in [0.05, 0.1) is 12.1 Å². The van der Waals surface area contributed by atoms with Crippen LogP contribution in [-0.2, 0) is 0 Å². The average Bonchev–Trinajstić information content (AvgIpc) is 2.46. The van der Waals surface area contributed by atoms with Gasteiger partial charge < -0.3 is 15.7 Å². The topological polar surface area (TPSA) is 44.3 Å². The number of aliphatic hydroxyl groups excluding tert-OH is 1. The van der Waals surface area contributed by atoms with Crippen molar-refractivity contribution in [1.82, 2.24) is 5.32 Å². The molecule has 4 heteroatoms. The number of halogens is 1. The summed E-state index contributed by atoms with van der Waals surface area (Å²) in [4.78, 5) is 0. The third-order valence-corrected chi connectivity index (χ3v) is 3.70. The molecule has 0 saturated heterocycles. The van der Waals surface area contributed by atoms with Gasteiger partial charge in [0.15, 0.2) is 0 Å². The van der Waals surface area contributed by atoms with E-state index in [0.29, 0.717) is 11.6 Å². The summed E-state index contributed by atoms with van der Waals surface area (Å²) in [6, 6.07) is 15.4. The molecule has 112 valence electrons. The summed E-state index contributed by atoms with van der Waals surface area (Å²) in [5, 5.41) is 17.5. The smallest absolute Gasteiger partial charge is 0.0907 e. The largest absolute Gasteiger partial charge is 0.389 e. The molecule has 0 aliphatic heterocycles. The predicted molar refractivity (Wildman–Crippen MR) is 88.9 cm³/mol. The number of hydrogen-bond acceptors (Lipinski definition) is 3. The molecule has 21 heavy (non-hydrogen) atoms. The van der Waals surface area contributed by atoms with Gasteiger partial charge in [0, 0.05) is 17.3 Å². The molecule has 3 N–H and O–H groups in total. The van der Waals surface area contributed by atoms with Crippen LogP contribution in [0, 0.1) is 6.92 Å². The Morgan fingerprint density at radius 3 is 2.57 bits per heavy atom. The lowest BCUT2D eigenvalue weighted by atomic mass is 10.00. The van der Waals surface area contributed by atoms with Crippen LogP contribution < -0.4 is 10.6 Å². The fourth-order valence-corrected chi connectivity index (χ4v) is 2.53. The summed E-state index contributed by atoms with van der Waals surface area (Å²) in [6.45, 7) is 2.54. The molecule has 3 nitrogen and oxygen atoms in total. The minimum Gasteiger partial charge on any atom is -0.389 e. The summed E-state index contributed by atoms with van der Waals surface area (Å²) in [6.07, 6.45) is -0.562. The Kier molecular flexibility index (Phi) is 5.62. The summed E-state index contributed by atoms with van der Waals surface area (Å²) >= 11 is 6.08. The van der Waals surface area contributed by atoms with E-state index in [9.17, 15) is 5.11 Å². The molecule has 2 atom stereocenters. The van der Waals surface area contributed by atoms with Gasteiger partial charge in [0.25, 0.3) is 0 Å². The van der Waals surface area contributed by atoms with Gasteiger partial charge in [0.2, 0.25) is 0 Å². The maximum atomic E-state index is 10.4. The quantitative estimate of drug-likeness (QED) is 0.766. The van der Waals surface area contributed by atoms with Crippen LogP contribution in [0.4, 0.5) is 5.69 Å². The van der Waals surface area contributed by atoms with Gasteiger partial charge in [-0.1, -0.05) is 41.9 Å². The number of benzene rings is 2. The lowest BCUT2D eigenvalue weighted by molar-refractivity contribution is 0.152. The van der Waals surface area contributed by atoms with Crippen molar-refractivity contribution in [3.63, 3.8) is 0 Å². The maximum absolute atomic E-state index is 10.4. The number of nitrogens with one attached hydrogen (secondary N) is 2. The van der Waals surface area contributed by atoms with Gasteiger partial charge in [-0.25, -0.2) is 0 Å². The molecule has 0 radical (unpaired) electrons. The highest BCUT2D eigenvalue weighted by molar-refractivity contribution is 6.30. The van der Waals surface area contributed by atoms with E-state index in [1.54, 1.807) is 0 Å². The molecule has 2 aromatic rings. The van der Waals surface area contributed by atoms with Crippen LogP contribution in [0.15, 0.2) is 48.5 Å². The number of para-hydroxylation sites is 1. The normalized spacial score (nSPS) is 13.7. The summed E-state index contributed by atoms with van der Waals surface area (Å²) in [5.41, 5.74) is 3.12. The summed E-state index contributed by atoms with van der Waals surface area (Å²) < 4.78 is 0. The van der Waals surface area contributed by atoms with Crippen LogP contribution in [-0.4, -0.2) is 24.8 Å². The number of hydrogen-bond donors (Lipinski definition) is 3. The molecular formula is C17H21ClN2O. The van der Waals surface area contributed by atoms with Crippen molar-refractivity contribution in [3.05, 3.63) is 64.7 Å². The first-order valence-corrected chi connectivity index (χ1v) is 7.40. The second-order valence-corrected chi connectivity index (χ2v) is 5.55. The van der Waals surface area contributed by atoms with Crippen LogP contribution >= 0.6 is 11.6 Å². The molecule has 0 heterocycles. The molecule has 2 unspecified atom stereocenters. The molecule has 0 saturated carbocycles. The Morgan fingerprint density at radius 1 is 1.14 bits per heavy atom. The molecule has 0 fully saturated rings. The predicted octanol–water partition coefficient (Wildman–Crippen LogP) is 3.38. The lowest BCUT2D eigenvalue weighted by Gasteiger charge is -2.26. The second kappa shape index (κ2) is 7.46. The standard InChI is InChI=1S/C17H21ClN2O/c1-12-6-3-4-9-15(12)20-17(16(21)11-19-2)13-7-5-8-14(18)10-13/h3-10,16-17,19-21H,11H2,1-2H3. The van der Waals surface area contributed by atoms with Crippen molar-refractivity contribution < 1.29 is 5.11 Å². The first-order valence-electron chi connectivity index (χ1n) is 7.02. The molecule has 0 bridgehead atoms. The zero-order valence-electron chi connectivity index (χ0n) is 12.3. The van der Waals surface area contributed by atoms with E-state index in [1.807, 2.05) is 62.5 Å². The van der Waals surface area contributed by atoms with E-state index < -0.39 is 6.10 Å². The zero-order chi connectivity index (χ0) is 15.2. The zero-order valence-corrected chi connectivity index (χ0v) is 13.1. The molecule has 0 aliphatic rings. The van der Waals surface area contributed by atoms with Crippen LogP contribution in [0.1, 0.15) is 17.2 Å². The monoisotopic (exact) mass is 304 g/mol. The van der Waals surface area contributed by atoms with E-state index in [2.05, 4.69) is 10.6 Å². The van der Waals surface area contributed by atoms with Gasteiger partial charge in [-0.15, -0.1) is 0 Å². The van der Waals surface area contributed by atoms with Crippen molar-refractivity contribution in [3.8, 4) is 0 Å². The third-order valence-electron chi connectivity index (χ3n) is 3.46. The average molecular weight is 305 g/mol. The van der Waals surface area contributed by atoms with Gasteiger partial charge in [0.1, 0.15) is 0 Å². The van der Waals surface area contributed by atoms with Gasteiger partial charge in [-0.3, -0.25) is 0 Å². The number of aryl methyl sites for hydroxylation is 1. The number of anilines is 1. The lowest BCUT2D eigenvalue weighted by Crippen LogP contribution is -2.34. The first-order chi connectivity index (χ1) is 10.1. The number of likely N-dealkylation sites (N-methyl/N-ethyl adjacent to an activating group) is 1. The number of aliphatic hydroxyl groups is 1. The van der Waals surface area contributed by atoms with Crippen molar-refractivity contribution >= 4 is 17.3 Å². The Bertz CT molecular complexity index is 589. The minimum absolute atomic E-state index is 0.225. The van der Waals surface area contributed by atoms with E-state index >= 15 is 0 Å². The molecule has 0 aliphatic carbocycles. The molecular weight excluding hydrogens is 284 g/mol. The van der Waals surface area contributed by atoms with E-state index in [4.69, 9.17) is 11.6 Å². The van der Waals surface area contributed by atoms with Crippen LogP contribution in [0.2, 0.25) is 5.02 Å². The van der Waals surface area contributed by atoms with Crippen LogP contribution in [0.5, 0.6) is 0 Å². The number of rotatable bonds is 6. The molecule has 2 rings (SSSR count). The van der Waals surface area contributed by atoms with Crippen molar-refractivity contribution in [2.75, 3.05) is 18.9 Å². The highest BCUT2D eigenvalue weighted by atomic mass is 35.5. The Balaban J connectivity index is 2.30. The van der Waals surface area contributed by atoms with Crippen molar-refractivity contribution in [1.29, 1.82) is 0 Å². The fourth-order valence-electron chi connectivity index (χ4n) is 2.33. The minimum atomic E-state index is -0.562. The maximum Gasteiger partial charge on any atom is 0.0907 e. The second-order valence-electron chi connectivity index (χ2n) is 5.12. The van der Waals surface area contributed by atoms with E-state index in [0.717, 1.165) is 16.8 Å². The highest BCUT2D eigenvalue weighted by Gasteiger charge is 2.21. The molecule has 0 amide bonds. The van der Waals surface area contributed by atoms with E-state index in [1.165, 1.54) is 0 Å². The van der Waals surface area contributed by atoms with Gasteiger partial charge >= 0.3 is 0 Å². The Hall–Kier alpha value is -1.55. The molecule has 0 spiro atoms. The van der Waals surface area contributed by atoms with Crippen LogP contribution in [0.3, 0.4) is 0 Å². The van der Waals surface area contributed by atoms with Crippen molar-refractivity contribution in [2.24, 2.45) is 0 Å². The van der Waals surface area contributed by atoms with Gasteiger partial charge in [-0.2, -0.15) is 0 Å². The molecule has 0 aromatic heterocycles. The fraction of sp³-hybridized carbons (Fsp3) is 0.294. The summed E-state index contributed by atoms with van der Waals surface area (Å²) in [5.74, 6) is 0. The first kappa shape index (κ1) is 15.8.